The van der Waals surface area contributed by atoms with Gasteiger partial charge in [0, 0.05) is 27.2 Å². The summed E-state index contributed by atoms with van der Waals surface area (Å²) in [5, 5.41) is 12.4. The Hall–Kier alpha value is -7.21. The van der Waals surface area contributed by atoms with Crippen LogP contribution in [0.1, 0.15) is 23.5 Å². The minimum Gasteiger partial charge on any atom is -0.336 e. The second-order valence-corrected chi connectivity index (χ2v) is 14.5. The van der Waals surface area contributed by atoms with Gasteiger partial charge in [0.2, 0.25) is 5.96 Å². The molecule has 0 saturated heterocycles. The minimum atomic E-state index is -0.260. The summed E-state index contributed by atoms with van der Waals surface area (Å²) in [6.45, 7) is 0. The van der Waals surface area contributed by atoms with Gasteiger partial charge in [-0.05, 0) is 57.6 Å². The van der Waals surface area contributed by atoms with Crippen molar-refractivity contribution in [2.45, 2.75) is 12.3 Å². The number of hydrogen-bond donors (Lipinski definition) is 2. The fourth-order valence-corrected chi connectivity index (χ4v) is 8.58. The van der Waals surface area contributed by atoms with Gasteiger partial charge in [0.25, 0.3) is 0 Å². The van der Waals surface area contributed by atoms with Crippen molar-refractivity contribution in [1.29, 1.82) is 0 Å². The first kappa shape index (κ1) is 32.2. The second-order valence-electron chi connectivity index (χ2n) is 14.5. The molecule has 2 unspecified atom stereocenters. The van der Waals surface area contributed by atoms with Crippen molar-refractivity contribution < 1.29 is 0 Å². The van der Waals surface area contributed by atoms with Gasteiger partial charge in [-0.15, -0.1) is 0 Å². The zero-order valence-corrected chi connectivity index (χ0v) is 30.5. The van der Waals surface area contributed by atoms with Gasteiger partial charge in [0.05, 0.1) is 22.1 Å². The summed E-state index contributed by atoms with van der Waals surface area (Å²) < 4.78 is 4.82. The highest BCUT2D eigenvalue weighted by molar-refractivity contribution is 6.25. The lowest BCUT2D eigenvalue weighted by Gasteiger charge is -2.32. The van der Waals surface area contributed by atoms with Gasteiger partial charge in [-0.1, -0.05) is 176 Å². The van der Waals surface area contributed by atoms with Crippen molar-refractivity contribution in [2.24, 2.45) is 4.99 Å². The molecule has 11 rings (SSSR count). The maximum Gasteiger partial charge on any atom is 0.206 e. The van der Waals surface area contributed by atoms with E-state index in [1.54, 1.807) is 0 Å². The largest absolute Gasteiger partial charge is 0.336 e. The van der Waals surface area contributed by atoms with E-state index in [1.165, 1.54) is 43.8 Å². The van der Waals surface area contributed by atoms with Crippen LogP contribution in [0.3, 0.4) is 0 Å². The molecule has 5 nitrogen and oxygen atoms in total. The first-order valence-electron chi connectivity index (χ1n) is 19.2. The van der Waals surface area contributed by atoms with Crippen LogP contribution in [0, 0.1) is 0 Å². The van der Waals surface area contributed by atoms with Gasteiger partial charge >= 0.3 is 0 Å². The Labute approximate surface area is 324 Å². The molecule has 0 radical (unpaired) electrons. The van der Waals surface area contributed by atoms with E-state index in [0.717, 1.165) is 44.8 Å². The van der Waals surface area contributed by atoms with Crippen LogP contribution in [0.4, 0.5) is 0 Å². The summed E-state index contributed by atoms with van der Waals surface area (Å²) in [6, 6.07) is 71.6. The van der Waals surface area contributed by atoms with E-state index in [9.17, 15) is 0 Å². The molecule has 8 aromatic carbocycles. The highest BCUT2D eigenvalue weighted by atomic mass is 15.4. The molecule has 2 atom stereocenters. The zero-order valence-electron chi connectivity index (χ0n) is 30.5. The van der Waals surface area contributed by atoms with Gasteiger partial charge in [-0.25, -0.2) is 4.99 Å². The van der Waals surface area contributed by atoms with E-state index < -0.39 is 0 Å². The number of benzene rings is 8. The molecular formula is C51H37N5. The Morgan fingerprint density at radius 3 is 1.55 bits per heavy atom. The van der Waals surface area contributed by atoms with Gasteiger partial charge in [0.1, 0.15) is 12.3 Å². The number of nitrogens with one attached hydrogen (secondary N) is 2. The van der Waals surface area contributed by atoms with Crippen molar-refractivity contribution in [2.75, 3.05) is 0 Å². The molecule has 2 N–H and O–H groups in total. The second kappa shape index (κ2) is 13.3. The van der Waals surface area contributed by atoms with Crippen LogP contribution in [-0.2, 0) is 0 Å². The van der Waals surface area contributed by atoms with Crippen molar-refractivity contribution in [3.05, 3.63) is 211 Å². The smallest absolute Gasteiger partial charge is 0.206 e. The summed E-state index contributed by atoms with van der Waals surface area (Å²) in [4.78, 5) is 5.46. The van der Waals surface area contributed by atoms with Gasteiger partial charge < -0.3 is 9.88 Å². The molecule has 0 aliphatic carbocycles. The monoisotopic (exact) mass is 719 g/mol. The van der Waals surface area contributed by atoms with Crippen molar-refractivity contribution in [3.8, 4) is 27.9 Å². The molecule has 5 heteroatoms. The van der Waals surface area contributed by atoms with Gasteiger partial charge in [0.15, 0.2) is 0 Å². The van der Waals surface area contributed by atoms with Crippen molar-refractivity contribution >= 4 is 49.6 Å². The number of fused-ring (bicyclic) bond motifs is 7. The number of para-hydroxylation sites is 2. The van der Waals surface area contributed by atoms with E-state index >= 15 is 0 Å². The molecular weight excluding hydrogens is 683 g/mol. The summed E-state index contributed by atoms with van der Waals surface area (Å²) >= 11 is 0. The van der Waals surface area contributed by atoms with Gasteiger partial charge in [-0.3, -0.25) is 9.88 Å². The maximum atomic E-state index is 5.46. The molecule has 0 spiro atoms. The maximum absolute atomic E-state index is 5.46. The molecule has 2 aromatic heterocycles. The highest BCUT2D eigenvalue weighted by Gasteiger charge is 2.29. The first-order chi connectivity index (χ1) is 27.8. The fraction of sp³-hybridized carbons (Fsp3) is 0.0392. The lowest BCUT2D eigenvalue weighted by Crippen LogP contribution is -2.47. The first-order valence-corrected chi connectivity index (χ1v) is 19.2. The third-order valence-corrected chi connectivity index (χ3v) is 11.2. The van der Waals surface area contributed by atoms with Crippen LogP contribution in [0.25, 0.3) is 71.6 Å². The summed E-state index contributed by atoms with van der Waals surface area (Å²) in [5.74, 6) is 0.800. The lowest BCUT2D eigenvalue weighted by molar-refractivity contribution is 0.403. The number of nitrogens with zero attached hydrogens (tertiary/aromatic N) is 3. The third kappa shape index (κ3) is 5.32. The Morgan fingerprint density at radius 2 is 0.893 bits per heavy atom. The summed E-state index contributed by atoms with van der Waals surface area (Å²) in [7, 11) is 0. The molecule has 0 fully saturated rings. The Bertz CT molecular complexity index is 3070. The van der Waals surface area contributed by atoms with Crippen LogP contribution < -0.4 is 10.6 Å². The SMILES string of the molecule is c1ccc(-c2ccc(-c3cccc(-n4c5ccccc5c5ccc6c7ccccc7n(C7=NC(c8ccccc8)NC(c8ccccc8)N7)c6c54)c3)cc2)cc1. The minimum absolute atomic E-state index is 0.167. The lowest BCUT2D eigenvalue weighted by atomic mass is 10.00. The van der Waals surface area contributed by atoms with E-state index in [4.69, 9.17) is 4.99 Å². The molecule has 266 valence electrons. The van der Waals surface area contributed by atoms with Crippen LogP contribution in [0.2, 0.25) is 0 Å². The standard InChI is InChI=1S/C51H37N5/c1-4-15-34(16-5-1)35-27-29-36(30-28-35)39-21-14-22-40(33-39)55-45-25-12-10-23-41(45)43-31-32-44-42-24-11-13-26-46(42)56(48(44)47(43)55)51-53-49(37-17-6-2-7-18-37)52-50(54-51)38-19-8-3-9-20-38/h1-33,49-50,52H,(H,53,54). The number of aliphatic imine (C=N–C) groups is 1. The average molecular weight is 720 g/mol. The highest BCUT2D eigenvalue weighted by Crippen LogP contribution is 2.41. The van der Waals surface area contributed by atoms with Crippen molar-refractivity contribution in [3.63, 3.8) is 0 Å². The van der Waals surface area contributed by atoms with Crippen LogP contribution in [0.15, 0.2) is 205 Å². The molecule has 3 heterocycles. The predicted molar refractivity (Wildman–Crippen MR) is 232 cm³/mol. The Balaban J connectivity index is 1.16. The molecule has 0 bridgehead atoms. The van der Waals surface area contributed by atoms with E-state index in [-0.39, 0.29) is 12.3 Å². The molecule has 0 saturated carbocycles. The molecule has 56 heavy (non-hydrogen) atoms. The summed E-state index contributed by atoms with van der Waals surface area (Å²) in [6.07, 6.45) is -0.427. The van der Waals surface area contributed by atoms with E-state index in [2.05, 4.69) is 220 Å². The molecule has 0 amide bonds. The normalized spacial score (nSPS) is 15.7. The number of hydrogen-bond acceptors (Lipinski definition) is 3. The van der Waals surface area contributed by atoms with Gasteiger partial charge in [-0.2, -0.15) is 0 Å². The average Bonchev–Trinajstić information content (AvgIpc) is 3.80. The Kier molecular flexibility index (Phi) is 7.64. The molecule has 10 aromatic rings. The molecule has 1 aliphatic heterocycles. The summed E-state index contributed by atoms with van der Waals surface area (Å²) in [5.41, 5.74) is 12.7. The topological polar surface area (TPSA) is 46.3 Å². The Morgan fingerprint density at radius 1 is 0.393 bits per heavy atom. The predicted octanol–water partition coefficient (Wildman–Crippen LogP) is 12.0. The zero-order chi connectivity index (χ0) is 37.0. The fourth-order valence-electron chi connectivity index (χ4n) is 8.58. The van der Waals surface area contributed by atoms with E-state index in [0.29, 0.717) is 0 Å². The van der Waals surface area contributed by atoms with E-state index in [1.807, 2.05) is 0 Å². The van der Waals surface area contributed by atoms with Crippen LogP contribution in [-0.4, -0.2) is 15.1 Å². The van der Waals surface area contributed by atoms with Crippen LogP contribution >= 0.6 is 0 Å². The third-order valence-electron chi connectivity index (χ3n) is 11.2. The van der Waals surface area contributed by atoms with Crippen molar-refractivity contribution in [1.82, 2.24) is 19.8 Å². The number of aromatic nitrogens is 2. The quantitative estimate of drug-likeness (QED) is 0.186. The van der Waals surface area contributed by atoms with Crippen LogP contribution in [0.5, 0.6) is 0 Å². The number of rotatable bonds is 5. The molecule has 1 aliphatic rings.